The lowest BCUT2D eigenvalue weighted by molar-refractivity contribution is -0.133. The first-order valence-electron chi connectivity index (χ1n) is 10.9. The molecule has 33 heavy (non-hydrogen) atoms. The molecule has 1 N–H and O–H groups in total. The Morgan fingerprint density at radius 2 is 1.85 bits per heavy atom. The zero-order chi connectivity index (χ0) is 23.4. The van der Waals surface area contributed by atoms with Crippen LogP contribution in [-0.4, -0.2) is 47.3 Å². The van der Waals surface area contributed by atoms with E-state index < -0.39 is 5.92 Å². The summed E-state index contributed by atoms with van der Waals surface area (Å²) in [6.07, 6.45) is 2.86. The average molecular weight is 449 g/mol. The summed E-state index contributed by atoms with van der Waals surface area (Å²) >= 11 is 0. The Labute approximate surface area is 193 Å². The molecule has 2 amide bonds. The summed E-state index contributed by atoms with van der Waals surface area (Å²) in [5.74, 6) is 0.594. The Balaban J connectivity index is 1.48. The van der Waals surface area contributed by atoms with Crippen LogP contribution in [0, 0.1) is 0 Å². The van der Waals surface area contributed by atoms with Gasteiger partial charge < -0.3 is 19.7 Å². The number of hydrogen-bond acceptors (Lipinski definition) is 5. The highest BCUT2D eigenvalue weighted by Crippen LogP contribution is 2.31. The predicted molar refractivity (Wildman–Crippen MR) is 124 cm³/mol. The molecular weight excluding hydrogens is 420 g/mol. The number of para-hydroxylation sites is 2. The molecule has 0 radical (unpaired) electrons. The maximum Gasteiger partial charge on any atom is 0.235 e. The van der Waals surface area contributed by atoms with Gasteiger partial charge in [0.2, 0.25) is 11.8 Å². The van der Waals surface area contributed by atoms with E-state index in [1.807, 2.05) is 49.6 Å². The lowest BCUT2D eigenvalue weighted by Gasteiger charge is -2.31. The lowest BCUT2D eigenvalue weighted by Crippen LogP contribution is -2.42. The molecule has 0 saturated carbocycles. The number of nitrogens with one attached hydrogen (secondary N) is 1. The van der Waals surface area contributed by atoms with E-state index in [1.165, 1.54) is 0 Å². The van der Waals surface area contributed by atoms with Gasteiger partial charge in [-0.1, -0.05) is 24.3 Å². The molecular formula is C25H28N4O4. The van der Waals surface area contributed by atoms with Crippen molar-refractivity contribution in [3.8, 4) is 11.5 Å². The molecule has 0 aliphatic carbocycles. The quantitative estimate of drug-likeness (QED) is 0.600. The second kappa shape index (κ2) is 9.77. The van der Waals surface area contributed by atoms with Crippen molar-refractivity contribution in [2.45, 2.75) is 25.3 Å². The van der Waals surface area contributed by atoms with Crippen LogP contribution in [0.3, 0.4) is 0 Å². The van der Waals surface area contributed by atoms with Gasteiger partial charge in [0.05, 0.1) is 25.6 Å². The molecule has 8 nitrogen and oxygen atoms in total. The number of carbonyl (C=O) groups is 2. The summed E-state index contributed by atoms with van der Waals surface area (Å²) in [5, 5.41) is 7.46. The van der Waals surface area contributed by atoms with Crippen LogP contribution < -0.4 is 14.8 Å². The fourth-order valence-corrected chi connectivity index (χ4v) is 4.11. The zero-order valence-electron chi connectivity index (χ0n) is 19.1. The minimum atomic E-state index is -0.565. The average Bonchev–Trinajstić information content (AvgIpc) is 3.22. The Morgan fingerprint density at radius 1 is 1.09 bits per heavy atom. The number of aryl methyl sites for hydroxylation is 2. The Bertz CT molecular complexity index is 1140. The standard InChI is InChI=1S/C25H28N4O4/c1-28-14-18-15-29(23(30)13-10-17-8-11-19(32-2)12-9-17)16-20(24(18)27-28)25(31)26-21-6-4-5-7-22(21)33-3/h4-9,11-12,14,20H,10,13,15-16H2,1-3H3,(H,26,31)/t20-/m1/s1. The molecule has 4 rings (SSSR count). The monoisotopic (exact) mass is 448 g/mol. The third kappa shape index (κ3) is 5.00. The number of benzene rings is 2. The van der Waals surface area contributed by atoms with E-state index >= 15 is 0 Å². The van der Waals surface area contributed by atoms with E-state index in [0.29, 0.717) is 36.5 Å². The Morgan fingerprint density at radius 3 is 2.58 bits per heavy atom. The number of fused-ring (bicyclic) bond motifs is 1. The van der Waals surface area contributed by atoms with E-state index in [0.717, 1.165) is 16.9 Å². The van der Waals surface area contributed by atoms with Crippen LogP contribution in [-0.2, 0) is 29.6 Å². The summed E-state index contributed by atoms with van der Waals surface area (Å²) in [6.45, 7) is 0.732. The second-order valence-corrected chi connectivity index (χ2v) is 8.08. The van der Waals surface area contributed by atoms with Crippen molar-refractivity contribution in [3.05, 3.63) is 71.5 Å². The Kier molecular flexibility index (Phi) is 6.63. The number of anilines is 1. The van der Waals surface area contributed by atoms with Gasteiger partial charge in [0.15, 0.2) is 0 Å². The van der Waals surface area contributed by atoms with E-state index in [-0.39, 0.29) is 18.4 Å². The van der Waals surface area contributed by atoms with Gasteiger partial charge in [-0.25, -0.2) is 0 Å². The van der Waals surface area contributed by atoms with E-state index in [1.54, 1.807) is 35.9 Å². The number of hydrogen-bond donors (Lipinski definition) is 1. The van der Waals surface area contributed by atoms with Gasteiger partial charge in [0, 0.05) is 38.3 Å². The Hall–Kier alpha value is -3.81. The largest absolute Gasteiger partial charge is 0.497 e. The van der Waals surface area contributed by atoms with Crippen molar-refractivity contribution in [2.75, 3.05) is 26.1 Å². The topological polar surface area (TPSA) is 85.7 Å². The summed E-state index contributed by atoms with van der Waals surface area (Å²) in [4.78, 5) is 28.1. The molecule has 0 unspecified atom stereocenters. The molecule has 0 fully saturated rings. The van der Waals surface area contributed by atoms with E-state index in [2.05, 4.69) is 10.4 Å². The highest BCUT2D eigenvalue weighted by atomic mass is 16.5. The lowest BCUT2D eigenvalue weighted by atomic mass is 9.95. The molecule has 8 heteroatoms. The molecule has 1 aliphatic heterocycles. The smallest absolute Gasteiger partial charge is 0.235 e. The van der Waals surface area contributed by atoms with Gasteiger partial charge in [-0.15, -0.1) is 0 Å². The molecule has 1 aromatic heterocycles. The molecule has 2 aromatic carbocycles. The SMILES string of the molecule is COc1ccc(CCC(=O)N2Cc3cn(C)nc3[C@H](C(=O)Nc3ccccc3OC)C2)cc1. The van der Waals surface area contributed by atoms with Gasteiger partial charge in [-0.2, -0.15) is 5.10 Å². The van der Waals surface area contributed by atoms with Gasteiger partial charge in [-0.05, 0) is 36.2 Å². The van der Waals surface area contributed by atoms with Crippen LogP contribution in [0.2, 0.25) is 0 Å². The third-order valence-electron chi connectivity index (χ3n) is 5.85. The van der Waals surface area contributed by atoms with Crippen molar-refractivity contribution >= 4 is 17.5 Å². The van der Waals surface area contributed by atoms with E-state index in [9.17, 15) is 9.59 Å². The van der Waals surface area contributed by atoms with Gasteiger partial charge in [0.1, 0.15) is 17.4 Å². The zero-order valence-corrected chi connectivity index (χ0v) is 19.1. The number of ether oxygens (including phenoxy) is 2. The number of carbonyl (C=O) groups excluding carboxylic acids is 2. The van der Waals surface area contributed by atoms with Crippen LogP contribution in [0.15, 0.2) is 54.7 Å². The van der Waals surface area contributed by atoms with Gasteiger partial charge in [0.25, 0.3) is 0 Å². The van der Waals surface area contributed by atoms with Crippen molar-refractivity contribution in [1.29, 1.82) is 0 Å². The first-order chi connectivity index (χ1) is 16.0. The molecule has 172 valence electrons. The third-order valence-corrected chi connectivity index (χ3v) is 5.85. The second-order valence-electron chi connectivity index (χ2n) is 8.08. The summed E-state index contributed by atoms with van der Waals surface area (Å²) in [6, 6.07) is 15.0. The van der Waals surface area contributed by atoms with Crippen LogP contribution in [0.5, 0.6) is 11.5 Å². The van der Waals surface area contributed by atoms with Crippen LogP contribution in [0.25, 0.3) is 0 Å². The number of amides is 2. The number of rotatable bonds is 7. The summed E-state index contributed by atoms with van der Waals surface area (Å²) in [5.41, 5.74) is 3.25. The molecule has 0 bridgehead atoms. The van der Waals surface area contributed by atoms with Crippen LogP contribution >= 0.6 is 0 Å². The number of nitrogens with zero attached hydrogens (tertiary/aromatic N) is 3. The number of aromatic nitrogens is 2. The highest BCUT2D eigenvalue weighted by Gasteiger charge is 2.35. The molecule has 1 atom stereocenters. The van der Waals surface area contributed by atoms with Crippen molar-refractivity contribution < 1.29 is 19.1 Å². The minimum Gasteiger partial charge on any atom is -0.497 e. The predicted octanol–water partition coefficient (Wildman–Crippen LogP) is 3.13. The van der Waals surface area contributed by atoms with Crippen molar-refractivity contribution in [3.63, 3.8) is 0 Å². The normalized spacial score (nSPS) is 15.0. The molecule has 1 aliphatic rings. The summed E-state index contributed by atoms with van der Waals surface area (Å²) in [7, 11) is 5.01. The van der Waals surface area contributed by atoms with E-state index in [4.69, 9.17) is 9.47 Å². The maximum atomic E-state index is 13.2. The first-order valence-corrected chi connectivity index (χ1v) is 10.9. The minimum absolute atomic E-state index is 0.00964. The highest BCUT2D eigenvalue weighted by molar-refractivity contribution is 5.97. The maximum absolute atomic E-state index is 13.2. The first kappa shape index (κ1) is 22.4. The molecule has 0 saturated heterocycles. The fourth-order valence-electron chi connectivity index (χ4n) is 4.11. The molecule has 0 spiro atoms. The number of methoxy groups -OCH3 is 2. The van der Waals surface area contributed by atoms with Crippen molar-refractivity contribution in [1.82, 2.24) is 14.7 Å². The van der Waals surface area contributed by atoms with Crippen LogP contribution in [0.4, 0.5) is 5.69 Å². The fraction of sp³-hybridized carbons (Fsp3) is 0.320. The molecule has 2 heterocycles. The molecule has 3 aromatic rings. The van der Waals surface area contributed by atoms with Crippen LogP contribution in [0.1, 0.15) is 29.2 Å². The summed E-state index contributed by atoms with van der Waals surface area (Å²) < 4.78 is 12.2. The van der Waals surface area contributed by atoms with Gasteiger partial charge >= 0.3 is 0 Å². The van der Waals surface area contributed by atoms with Gasteiger partial charge in [-0.3, -0.25) is 14.3 Å². The van der Waals surface area contributed by atoms with Crippen molar-refractivity contribution in [2.24, 2.45) is 7.05 Å².